The third-order valence-corrected chi connectivity index (χ3v) is 6.38. The van der Waals surface area contributed by atoms with Crippen molar-refractivity contribution in [3.8, 4) is 17.2 Å². The van der Waals surface area contributed by atoms with Crippen LogP contribution >= 0.6 is 0 Å². The zero-order chi connectivity index (χ0) is 23.2. The van der Waals surface area contributed by atoms with Crippen molar-refractivity contribution in [1.29, 1.82) is 0 Å². The second-order valence-electron chi connectivity index (χ2n) is 7.41. The van der Waals surface area contributed by atoms with E-state index in [0.29, 0.717) is 23.5 Å². The summed E-state index contributed by atoms with van der Waals surface area (Å²) in [4.78, 5) is 0. The molecule has 0 spiro atoms. The highest BCUT2D eigenvalue weighted by molar-refractivity contribution is 7.87. The lowest BCUT2D eigenvalue weighted by molar-refractivity contribution is 0.312. The molecule has 0 aromatic heterocycles. The Morgan fingerprint density at radius 3 is 2.34 bits per heavy atom. The summed E-state index contributed by atoms with van der Waals surface area (Å²) in [6.07, 6.45) is 3.32. The van der Waals surface area contributed by atoms with E-state index in [1.54, 1.807) is 30.3 Å². The Balaban J connectivity index is 1.77. The van der Waals surface area contributed by atoms with Crippen molar-refractivity contribution in [2.45, 2.75) is 32.8 Å². The number of rotatable bonds is 11. The molecule has 3 aromatic rings. The van der Waals surface area contributed by atoms with Crippen molar-refractivity contribution < 1.29 is 29.9 Å². The van der Waals surface area contributed by atoms with Crippen LogP contribution in [-0.4, -0.2) is 28.8 Å². The van der Waals surface area contributed by atoms with Crippen molar-refractivity contribution in [2.75, 3.05) is 12.0 Å². The third-order valence-electron chi connectivity index (χ3n) is 4.60. The predicted molar refractivity (Wildman–Crippen MR) is 124 cm³/mol. The Morgan fingerprint density at radius 1 is 0.844 bits per heavy atom. The van der Waals surface area contributed by atoms with Crippen molar-refractivity contribution in [3.63, 3.8) is 0 Å². The molecule has 0 aliphatic carbocycles. The molecular formula is C23H26O7S2. The Labute approximate surface area is 189 Å². The summed E-state index contributed by atoms with van der Waals surface area (Å²) >= 11 is 0. The first-order valence-electron chi connectivity index (χ1n) is 10.2. The van der Waals surface area contributed by atoms with Crippen molar-refractivity contribution in [3.05, 3.63) is 66.2 Å². The van der Waals surface area contributed by atoms with Gasteiger partial charge in [-0.25, -0.2) is 0 Å². The summed E-state index contributed by atoms with van der Waals surface area (Å²) in [6, 6.07) is 17.4. The summed E-state index contributed by atoms with van der Waals surface area (Å²) in [6.45, 7) is 1.96. The van der Waals surface area contributed by atoms with Gasteiger partial charge in [0.25, 0.3) is 10.1 Å². The van der Waals surface area contributed by atoms with E-state index >= 15 is 0 Å². The molecule has 0 aliphatic heterocycles. The van der Waals surface area contributed by atoms with Gasteiger partial charge in [0.15, 0.2) is 0 Å². The average molecular weight is 479 g/mol. The SMILES string of the molecule is CCCCCS(=O)(=O)Oc1cccc(Oc2cccc3cc(COS(C)(=O)=O)ccc23)c1. The summed E-state index contributed by atoms with van der Waals surface area (Å²) in [7, 11) is -7.19. The van der Waals surface area contributed by atoms with Gasteiger partial charge < -0.3 is 8.92 Å². The second kappa shape index (κ2) is 10.3. The lowest BCUT2D eigenvalue weighted by atomic mass is 10.1. The van der Waals surface area contributed by atoms with Crippen LogP contribution < -0.4 is 8.92 Å². The van der Waals surface area contributed by atoms with Gasteiger partial charge in [-0.3, -0.25) is 4.18 Å². The first-order chi connectivity index (χ1) is 15.1. The summed E-state index contributed by atoms with van der Waals surface area (Å²) in [5, 5.41) is 1.66. The minimum atomic E-state index is -3.66. The minimum Gasteiger partial charge on any atom is -0.457 e. The third kappa shape index (κ3) is 7.22. The maximum Gasteiger partial charge on any atom is 0.309 e. The van der Waals surface area contributed by atoms with Crippen molar-refractivity contribution in [2.24, 2.45) is 0 Å². The van der Waals surface area contributed by atoms with E-state index in [0.717, 1.165) is 29.9 Å². The first kappa shape index (κ1) is 24.0. The maximum atomic E-state index is 12.2. The minimum absolute atomic E-state index is 0.0272. The van der Waals surface area contributed by atoms with Gasteiger partial charge in [-0.2, -0.15) is 16.8 Å². The number of ether oxygens (including phenoxy) is 1. The monoisotopic (exact) mass is 478 g/mol. The molecule has 32 heavy (non-hydrogen) atoms. The largest absolute Gasteiger partial charge is 0.457 e. The Morgan fingerprint density at radius 2 is 1.59 bits per heavy atom. The molecule has 3 rings (SSSR count). The highest BCUT2D eigenvalue weighted by Gasteiger charge is 2.13. The number of benzene rings is 3. The molecule has 172 valence electrons. The number of unbranched alkanes of at least 4 members (excludes halogenated alkanes) is 2. The fraction of sp³-hybridized carbons (Fsp3) is 0.304. The van der Waals surface area contributed by atoms with Gasteiger partial charge in [0.05, 0.1) is 18.6 Å². The van der Waals surface area contributed by atoms with Crippen molar-refractivity contribution >= 4 is 31.0 Å². The van der Waals surface area contributed by atoms with Crippen LogP contribution in [0.15, 0.2) is 60.7 Å². The van der Waals surface area contributed by atoms with Gasteiger partial charge in [-0.05, 0) is 41.6 Å². The Bertz CT molecular complexity index is 1280. The Hall–Kier alpha value is -2.62. The zero-order valence-corrected chi connectivity index (χ0v) is 19.6. The van der Waals surface area contributed by atoms with Gasteiger partial charge in [0.2, 0.25) is 0 Å². The molecule has 0 amide bonds. The van der Waals surface area contributed by atoms with Gasteiger partial charge in [0.1, 0.15) is 17.2 Å². The lowest BCUT2D eigenvalue weighted by Gasteiger charge is -2.12. The van der Waals surface area contributed by atoms with Gasteiger partial charge in [0, 0.05) is 11.5 Å². The van der Waals surface area contributed by atoms with Crippen molar-refractivity contribution in [1.82, 2.24) is 0 Å². The average Bonchev–Trinajstić information content (AvgIpc) is 2.72. The molecule has 0 saturated carbocycles. The molecule has 0 unspecified atom stereocenters. The number of hydrogen-bond donors (Lipinski definition) is 0. The van der Waals surface area contributed by atoms with Crippen LogP contribution in [-0.2, 0) is 31.0 Å². The van der Waals surface area contributed by atoms with Crippen LogP contribution in [0.25, 0.3) is 10.8 Å². The normalized spacial score (nSPS) is 12.1. The van der Waals surface area contributed by atoms with E-state index in [4.69, 9.17) is 13.1 Å². The van der Waals surface area contributed by atoms with E-state index in [-0.39, 0.29) is 18.1 Å². The fourth-order valence-corrected chi connectivity index (χ4v) is 4.48. The molecule has 0 bridgehead atoms. The van der Waals surface area contributed by atoms with Gasteiger partial charge in [-0.15, -0.1) is 0 Å². The maximum absolute atomic E-state index is 12.2. The topological polar surface area (TPSA) is 96.0 Å². The lowest BCUT2D eigenvalue weighted by Crippen LogP contribution is -2.13. The summed E-state index contributed by atoms with van der Waals surface area (Å²) in [5.41, 5.74) is 0.712. The van der Waals surface area contributed by atoms with E-state index < -0.39 is 20.2 Å². The number of hydrogen-bond acceptors (Lipinski definition) is 7. The Kier molecular flexibility index (Phi) is 7.76. The van der Waals surface area contributed by atoms with E-state index in [2.05, 4.69) is 0 Å². The van der Waals surface area contributed by atoms with E-state index in [9.17, 15) is 16.8 Å². The van der Waals surface area contributed by atoms with E-state index in [1.807, 2.05) is 31.2 Å². The predicted octanol–water partition coefficient (Wildman–Crippen LogP) is 5.01. The van der Waals surface area contributed by atoms with Crippen LogP contribution in [0.2, 0.25) is 0 Å². The van der Waals surface area contributed by atoms with Crippen LogP contribution in [0.4, 0.5) is 0 Å². The molecule has 0 saturated heterocycles. The van der Waals surface area contributed by atoms with Crippen LogP contribution in [0.1, 0.15) is 31.7 Å². The smallest absolute Gasteiger partial charge is 0.309 e. The fourth-order valence-electron chi connectivity index (χ4n) is 3.09. The quantitative estimate of drug-likeness (QED) is 0.282. The highest BCUT2D eigenvalue weighted by Crippen LogP contribution is 2.32. The summed E-state index contributed by atoms with van der Waals surface area (Å²) in [5.74, 6) is 1.17. The standard InChI is InChI=1S/C23H26O7S2/c1-3-4-5-14-32(26,27)30-21-10-7-9-20(16-21)29-23-11-6-8-19-15-18(12-13-22(19)23)17-28-31(2,24)25/h6-13,15-16H,3-5,14,17H2,1-2H3. The molecule has 0 radical (unpaired) electrons. The van der Waals surface area contributed by atoms with Crippen LogP contribution in [0, 0.1) is 0 Å². The molecule has 0 N–H and O–H groups in total. The molecule has 3 aromatic carbocycles. The molecule has 0 fully saturated rings. The second-order valence-corrected chi connectivity index (χ2v) is 10.7. The van der Waals surface area contributed by atoms with Gasteiger partial charge >= 0.3 is 10.1 Å². The van der Waals surface area contributed by atoms with Crippen LogP contribution in [0.5, 0.6) is 17.2 Å². The molecule has 0 aliphatic rings. The zero-order valence-electron chi connectivity index (χ0n) is 18.0. The van der Waals surface area contributed by atoms with E-state index in [1.165, 1.54) is 6.07 Å². The number of fused-ring (bicyclic) bond motifs is 1. The van der Waals surface area contributed by atoms with Crippen LogP contribution in [0.3, 0.4) is 0 Å². The molecular weight excluding hydrogens is 452 g/mol. The molecule has 0 heterocycles. The summed E-state index contributed by atoms with van der Waals surface area (Å²) < 4.78 is 62.8. The molecule has 7 nitrogen and oxygen atoms in total. The highest BCUT2D eigenvalue weighted by atomic mass is 32.2. The first-order valence-corrected chi connectivity index (χ1v) is 13.6. The van der Waals surface area contributed by atoms with Gasteiger partial charge in [-0.1, -0.05) is 50.1 Å². The molecule has 9 heteroatoms. The molecule has 0 atom stereocenters.